The van der Waals surface area contributed by atoms with Crippen molar-refractivity contribution in [3.8, 4) is 5.88 Å². The molecule has 0 atom stereocenters. The van der Waals surface area contributed by atoms with Crippen LogP contribution in [-0.2, 0) is 4.79 Å². The lowest BCUT2D eigenvalue weighted by Gasteiger charge is -2.35. The van der Waals surface area contributed by atoms with Crippen molar-refractivity contribution in [2.45, 2.75) is 71.1 Å². The second-order valence-corrected chi connectivity index (χ2v) is 8.54. The van der Waals surface area contributed by atoms with E-state index in [4.69, 9.17) is 0 Å². The van der Waals surface area contributed by atoms with E-state index < -0.39 is 6.61 Å². The number of carbonyl (C=O) groups excluding carboxylic acids is 1. The SMILES string of the molecule is CC(C)c1ccccc1.Cc1ccc(NC(=O)C2CC(NC3CC3)C2)c(OC(F)F)n1. The van der Waals surface area contributed by atoms with Gasteiger partial charge in [-0.2, -0.15) is 8.78 Å². The van der Waals surface area contributed by atoms with Crippen LogP contribution < -0.4 is 15.4 Å². The summed E-state index contributed by atoms with van der Waals surface area (Å²) in [5, 5.41) is 6.11. The molecule has 31 heavy (non-hydrogen) atoms. The normalized spacial score (nSPS) is 20.0. The third kappa shape index (κ3) is 7.28. The number of amides is 1. The highest BCUT2D eigenvalue weighted by Gasteiger charge is 2.37. The summed E-state index contributed by atoms with van der Waals surface area (Å²) in [5.74, 6) is 0.164. The maximum Gasteiger partial charge on any atom is 0.388 e. The number of benzene rings is 1. The molecule has 5 nitrogen and oxygen atoms in total. The molecule has 0 aliphatic heterocycles. The van der Waals surface area contributed by atoms with Crippen molar-refractivity contribution >= 4 is 11.6 Å². The Morgan fingerprint density at radius 3 is 2.29 bits per heavy atom. The summed E-state index contributed by atoms with van der Waals surface area (Å²) in [6.07, 6.45) is 4.01. The summed E-state index contributed by atoms with van der Waals surface area (Å²) in [6, 6.07) is 14.7. The lowest BCUT2D eigenvalue weighted by molar-refractivity contribution is -0.123. The van der Waals surface area contributed by atoms with E-state index >= 15 is 0 Å². The Bertz CT molecular complexity index is 851. The van der Waals surface area contributed by atoms with Gasteiger partial charge in [-0.05, 0) is 56.2 Å². The summed E-state index contributed by atoms with van der Waals surface area (Å²) < 4.78 is 29.2. The van der Waals surface area contributed by atoms with Crippen LogP contribution in [0.3, 0.4) is 0 Å². The summed E-state index contributed by atoms with van der Waals surface area (Å²) in [5.41, 5.74) is 2.15. The molecule has 1 aromatic heterocycles. The minimum absolute atomic E-state index is 0.0862. The molecule has 0 unspecified atom stereocenters. The van der Waals surface area contributed by atoms with Gasteiger partial charge in [-0.15, -0.1) is 0 Å². The number of halogens is 2. The molecule has 1 heterocycles. The number of anilines is 1. The Morgan fingerprint density at radius 1 is 1.06 bits per heavy atom. The van der Waals surface area contributed by atoms with E-state index in [0.717, 1.165) is 12.8 Å². The number of hydrogen-bond acceptors (Lipinski definition) is 4. The molecule has 1 amide bonds. The Kier molecular flexibility index (Phi) is 7.96. The number of aromatic nitrogens is 1. The van der Waals surface area contributed by atoms with Crippen molar-refractivity contribution in [3.05, 3.63) is 53.7 Å². The van der Waals surface area contributed by atoms with E-state index in [1.807, 2.05) is 6.07 Å². The van der Waals surface area contributed by atoms with E-state index in [9.17, 15) is 13.6 Å². The molecule has 168 valence electrons. The molecule has 1 aromatic carbocycles. The first kappa shape index (κ1) is 23.1. The van der Waals surface area contributed by atoms with Crippen molar-refractivity contribution in [1.82, 2.24) is 10.3 Å². The number of nitrogens with one attached hydrogen (secondary N) is 2. The maximum atomic E-state index is 12.4. The van der Waals surface area contributed by atoms with Crippen LogP contribution in [0.5, 0.6) is 5.88 Å². The molecule has 2 N–H and O–H groups in total. The number of nitrogens with zero attached hydrogens (tertiary/aromatic N) is 1. The van der Waals surface area contributed by atoms with Crippen molar-refractivity contribution in [3.63, 3.8) is 0 Å². The molecule has 2 saturated carbocycles. The zero-order chi connectivity index (χ0) is 22.4. The molecular weight excluding hydrogens is 400 g/mol. The lowest BCUT2D eigenvalue weighted by atomic mass is 9.79. The largest absolute Gasteiger partial charge is 0.415 e. The number of aryl methyl sites for hydroxylation is 1. The van der Waals surface area contributed by atoms with Crippen molar-refractivity contribution in [1.29, 1.82) is 0 Å². The zero-order valence-electron chi connectivity index (χ0n) is 18.3. The zero-order valence-corrected chi connectivity index (χ0v) is 18.3. The molecule has 2 aliphatic carbocycles. The number of ether oxygens (including phenoxy) is 1. The van der Waals surface area contributed by atoms with E-state index in [2.05, 4.69) is 58.5 Å². The van der Waals surface area contributed by atoms with Crippen molar-refractivity contribution < 1.29 is 18.3 Å². The quantitative estimate of drug-likeness (QED) is 0.627. The minimum atomic E-state index is -2.97. The van der Waals surface area contributed by atoms with Gasteiger partial charge in [-0.1, -0.05) is 44.2 Å². The van der Waals surface area contributed by atoms with Gasteiger partial charge in [0.05, 0.1) is 0 Å². The van der Waals surface area contributed by atoms with Gasteiger partial charge in [0.2, 0.25) is 11.8 Å². The molecule has 2 fully saturated rings. The van der Waals surface area contributed by atoms with E-state index in [1.165, 1.54) is 24.5 Å². The highest BCUT2D eigenvalue weighted by Crippen LogP contribution is 2.33. The topological polar surface area (TPSA) is 63.2 Å². The first-order valence-electron chi connectivity index (χ1n) is 10.9. The molecule has 4 rings (SSSR count). The van der Waals surface area contributed by atoms with Gasteiger partial charge in [0, 0.05) is 23.7 Å². The highest BCUT2D eigenvalue weighted by molar-refractivity contribution is 5.94. The van der Waals surface area contributed by atoms with Crippen LogP contribution in [0.4, 0.5) is 14.5 Å². The Balaban J connectivity index is 0.000000254. The van der Waals surface area contributed by atoms with Crippen LogP contribution in [0, 0.1) is 12.8 Å². The fourth-order valence-electron chi connectivity index (χ4n) is 3.43. The minimum Gasteiger partial charge on any atom is -0.415 e. The highest BCUT2D eigenvalue weighted by atomic mass is 19.3. The van der Waals surface area contributed by atoms with Gasteiger partial charge in [0.25, 0.3) is 0 Å². The summed E-state index contributed by atoms with van der Waals surface area (Å²) >= 11 is 0. The Hall–Kier alpha value is -2.54. The average Bonchev–Trinajstić information content (AvgIpc) is 3.51. The average molecular weight is 432 g/mol. The van der Waals surface area contributed by atoms with Gasteiger partial charge >= 0.3 is 6.61 Å². The summed E-state index contributed by atoms with van der Waals surface area (Å²) in [4.78, 5) is 16.1. The molecule has 0 radical (unpaired) electrons. The van der Waals surface area contributed by atoms with Crippen LogP contribution in [0.2, 0.25) is 0 Å². The fourth-order valence-corrected chi connectivity index (χ4v) is 3.43. The first-order chi connectivity index (χ1) is 14.8. The van der Waals surface area contributed by atoms with Gasteiger partial charge < -0.3 is 15.4 Å². The number of rotatable bonds is 7. The van der Waals surface area contributed by atoms with Gasteiger partial charge in [0.15, 0.2) is 0 Å². The number of pyridine rings is 1. The lowest BCUT2D eigenvalue weighted by Crippen LogP contribution is -2.46. The van der Waals surface area contributed by atoms with Crippen LogP contribution in [0.25, 0.3) is 0 Å². The van der Waals surface area contributed by atoms with Crippen LogP contribution in [0.1, 0.15) is 56.7 Å². The van der Waals surface area contributed by atoms with Crippen molar-refractivity contribution in [2.75, 3.05) is 5.32 Å². The van der Waals surface area contributed by atoms with Crippen molar-refractivity contribution in [2.24, 2.45) is 5.92 Å². The molecular formula is C24H31F2N3O2. The Labute approximate surface area is 182 Å². The third-order valence-electron chi connectivity index (χ3n) is 5.48. The second kappa shape index (κ2) is 10.7. The van der Waals surface area contributed by atoms with Crippen LogP contribution in [-0.4, -0.2) is 29.6 Å². The first-order valence-corrected chi connectivity index (χ1v) is 10.9. The van der Waals surface area contributed by atoms with Gasteiger partial charge in [-0.3, -0.25) is 4.79 Å². The predicted octanol–water partition coefficient (Wildman–Crippen LogP) is 5.27. The molecule has 2 aromatic rings. The maximum absolute atomic E-state index is 12.4. The molecule has 0 spiro atoms. The van der Waals surface area contributed by atoms with E-state index in [-0.39, 0.29) is 23.4 Å². The molecule has 0 saturated heterocycles. The second-order valence-electron chi connectivity index (χ2n) is 8.54. The Morgan fingerprint density at radius 2 is 1.74 bits per heavy atom. The van der Waals surface area contributed by atoms with Gasteiger partial charge in [0.1, 0.15) is 5.69 Å². The summed E-state index contributed by atoms with van der Waals surface area (Å²) in [6.45, 7) is 3.11. The fraction of sp³-hybridized carbons (Fsp3) is 0.500. The standard InChI is InChI=1S/C15H19F2N3O2.C9H12/c1-8-2-5-12(14(18-8)22-15(16)17)20-13(21)9-6-11(7-9)19-10-3-4-10;1-8(2)9-6-4-3-5-7-9/h2,5,9-11,15,19H,3-4,6-7H2,1H3,(H,20,21);3-8H,1-2H3. The number of alkyl halides is 2. The molecule has 2 aliphatic rings. The molecule has 7 heteroatoms. The number of carbonyl (C=O) groups is 1. The smallest absolute Gasteiger partial charge is 0.388 e. The predicted molar refractivity (Wildman–Crippen MR) is 117 cm³/mol. The summed E-state index contributed by atoms with van der Waals surface area (Å²) in [7, 11) is 0. The third-order valence-corrected chi connectivity index (χ3v) is 5.48. The number of hydrogen-bond donors (Lipinski definition) is 2. The van der Waals surface area contributed by atoms with Crippen LogP contribution in [0.15, 0.2) is 42.5 Å². The molecule has 0 bridgehead atoms. The van der Waals surface area contributed by atoms with E-state index in [0.29, 0.717) is 23.7 Å². The van der Waals surface area contributed by atoms with Crippen LogP contribution >= 0.6 is 0 Å². The van der Waals surface area contributed by atoms with E-state index in [1.54, 1.807) is 13.0 Å². The monoisotopic (exact) mass is 431 g/mol. The van der Waals surface area contributed by atoms with Gasteiger partial charge in [-0.25, -0.2) is 4.98 Å².